The smallest absolute Gasteiger partial charge is 0.337 e. The number of benzene rings is 2. The molecule has 2 amide bonds. The number of ether oxygens (including phenoxy) is 1. The lowest BCUT2D eigenvalue weighted by Gasteiger charge is -2.19. The number of carbonyl (C=O) groups excluding carboxylic acids is 3. The number of pyridine rings is 1. The van der Waals surface area contributed by atoms with E-state index in [4.69, 9.17) is 15.9 Å². The van der Waals surface area contributed by atoms with E-state index in [9.17, 15) is 14.4 Å². The number of amides is 2. The van der Waals surface area contributed by atoms with Gasteiger partial charge in [0.1, 0.15) is 11.9 Å². The van der Waals surface area contributed by atoms with Crippen molar-refractivity contribution in [2.75, 3.05) is 13.7 Å². The summed E-state index contributed by atoms with van der Waals surface area (Å²) in [6.07, 6.45) is 3.28. The van der Waals surface area contributed by atoms with E-state index < -0.39 is 17.9 Å². The third kappa shape index (κ3) is 7.47. The molecule has 186 valence electrons. The van der Waals surface area contributed by atoms with E-state index in [0.717, 1.165) is 11.1 Å². The van der Waals surface area contributed by atoms with E-state index in [-0.39, 0.29) is 18.3 Å². The number of nitrogens with one attached hydrogen (secondary N) is 4. The van der Waals surface area contributed by atoms with Crippen LogP contribution in [0.1, 0.15) is 38.7 Å². The van der Waals surface area contributed by atoms with E-state index in [1.54, 1.807) is 60.9 Å². The minimum absolute atomic E-state index is 0.0281. The second-order valence-electron chi connectivity index (χ2n) is 7.89. The Balaban J connectivity index is 1.66. The van der Waals surface area contributed by atoms with E-state index in [1.807, 2.05) is 12.1 Å². The molecule has 1 aromatic heterocycles. The summed E-state index contributed by atoms with van der Waals surface area (Å²) in [6.45, 7) is 0.461. The highest BCUT2D eigenvalue weighted by Crippen LogP contribution is 2.16. The van der Waals surface area contributed by atoms with Gasteiger partial charge in [-0.2, -0.15) is 0 Å². The fraction of sp³-hybridized carbons (Fsp3) is 0.192. The van der Waals surface area contributed by atoms with Gasteiger partial charge in [0.2, 0.25) is 11.8 Å². The van der Waals surface area contributed by atoms with Crippen LogP contribution < -0.4 is 21.7 Å². The normalized spacial score (nSPS) is 11.2. The van der Waals surface area contributed by atoms with Crippen LogP contribution >= 0.6 is 0 Å². The Hall–Kier alpha value is -4.57. The number of amidine groups is 1. The first kappa shape index (κ1) is 26.0. The van der Waals surface area contributed by atoms with Crippen molar-refractivity contribution in [1.82, 2.24) is 20.9 Å². The summed E-state index contributed by atoms with van der Waals surface area (Å²) in [5.74, 6) is -1.24. The van der Waals surface area contributed by atoms with E-state index in [0.29, 0.717) is 29.8 Å². The molecule has 36 heavy (non-hydrogen) atoms. The van der Waals surface area contributed by atoms with Crippen molar-refractivity contribution < 1.29 is 19.1 Å². The van der Waals surface area contributed by atoms with Gasteiger partial charge in [-0.3, -0.25) is 25.3 Å². The van der Waals surface area contributed by atoms with Gasteiger partial charge >= 0.3 is 5.97 Å². The summed E-state index contributed by atoms with van der Waals surface area (Å²) in [7, 11) is 1.30. The van der Waals surface area contributed by atoms with Crippen molar-refractivity contribution >= 4 is 23.6 Å². The van der Waals surface area contributed by atoms with Gasteiger partial charge in [-0.15, -0.1) is 0 Å². The molecule has 0 fully saturated rings. The number of esters is 1. The number of carbonyl (C=O) groups is 3. The molecule has 0 aliphatic heterocycles. The van der Waals surface area contributed by atoms with Gasteiger partial charge in [0.15, 0.2) is 0 Å². The Morgan fingerprint density at radius 1 is 0.889 bits per heavy atom. The lowest BCUT2D eigenvalue weighted by atomic mass is 10.0. The van der Waals surface area contributed by atoms with Crippen LogP contribution in [-0.4, -0.2) is 42.3 Å². The first-order valence-corrected chi connectivity index (χ1v) is 11.2. The first-order valence-electron chi connectivity index (χ1n) is 11.2. The van der Waals surface area contributed by atoms with Crippen LogP contribution in [0.25, 0.3) is 0 Å². The van der Waals surface area contributed by atoms with Crippen LogP contribution in [0.4, 0.5) is 0 Å². The molecule has 3 aromatic rings. The molecule has 6 N–H and O–H groups in total. The lowest BCUT2D eigenvalue weighted by molar-refractivity contribution is -0.127. The van der Waals surface area contributed by atoms with Crippen molar-refractivity contribution in [1.29, 1.82) is 5.41 Å². The number of methoxy groups -OCH3 is 1. The molecule has 3 rings (SSSR count). The predicted octanol–water partition coefficient (Wildman–Crippen LogP) is 1.42. The van der Waals surface area contributed by atoms with Crippen LogP contribution in [0.15, 0.2) is 73.1 Å². The van der Waals surface area contributed by atoms with Crippen molar-refractivity contribution in [3.05, 3.63) is 101 Å². The Bertz CT molecular complexity index is 1200. The van der Waals surface area contributed by atoms with Gasteiger partial charge in [-0.1, -0.05) is 36.4 Å². The van der Waals surface area contributed by atoms with Crippen molar-refractivity contribution in [3.63, 3.8) is 0 Å². The van der Waals surface area contributed by atoms with Crippen molar-refractivity contribution in [2.24, 2.45) is 5.73 Å². The highest BCUT2D eigenvalue weighted by atomic mass is 16.5. The predicted molar refractivity (Wildman–Crippen MR) is 134 cm³/mol. The monoisotopic (exact) mass is 488 g/mol. The van der Waals surface area contributed by atoms with Crippen LogP contribution in [0.5, 0.6) is 0 Å². The maximum absolute atomic E-state index is 13.1. The number of rotatable bonds is 11. The summed E-state index contributed by atoms with van der Waals surface area (Å²) in [6, 6.07) is 16.3. The first-order chi connectivity index (χ1) is 17.4. The maximum Gasteiger partial charge on any atom is 0.337 e. The highest BCUT2D eigenvalue weighted by Gasteiger charge is 2.21. The summed E-state index contributed by atoms with van der Waals surface area (Å²) in [5, 5.41) is 16.1. The highest BCUT2D eigenvalue weighted by molar-refractivity contribution is 5.95. The van der Waals surface area contributed by atoms with Gasteiger partial charge in [-0.25, -0.2) is 4.79 Å². The third-order valence-corrected chi connectivity index (χ3v) is 5.36. The standard InChI is InChI=1S/C26H28N6O4/c1-36-26(35)21-8-6-19(7-9-21)23(31-15-17-2-4-20(5-3-17)24(27)28)25(34)32-16-22(33)30-14-18-10-12-29-13-11-18/h2-13,23,31H,14-16H2,1H3,(H3,27,28)(H,30,33)(H,32,34). The molecule has 2 aromatic carbocycles. The summed E-state index contributed by atoms with van der Waals surface area (Å²) in [5.41, 5.74) is 8.84. The van der Waals surface area contributed by atoms with E-state index in [1.165, 1.54) is 7.11 Å². The minimum atomic E-state index is -0.794. The molecular weight excluding hydrogens is 460 g/mol. The number of hydrogen-bond donors (Lipinski definition) is 5. The Labute approximate surface area is 208 Å². The molecule has 1 unspecified atom stereocenters. The number of hydrogen-bond acceptors (Lipinski definition) is 7. The van der Waals surface area contributed by atoms with Crippen LogP contribution in [0.2, 0.25) is 0 Å². The average molecular weight is 489 g/mol. The quantitative estimate of drug-likeness (QED) is 0.155. The summed E-state index contributed by atoms with van der Waals surface area (Å²) >= 11 is 0. The van der Waals surface area contributed by atoms with Gasteiger partial charge in [0.05, 0.1) is 19.2 Å². The molecule has 10 nitrogen and oxygen atoms in total. The van der Waals surface area contributed by atoms with E-state index >= 15 is 0 Å². The maximum atomic E-state index is 13.1. The Morgan fingerprint density at radius 2 is 1.50 bits per heavy atom. The number of nitrogen functional groups attached to an aromatic ring is 1. The van der Waals surface area contributed by atoms with Gasteiger partial charge in [0, 0.05) is 31.0 Å². The average Bonchev–Trinajstić information content (AvgIpc) is 2.91. The number of aromatic nitrogens is 1. The second-order valence-corrected chi connectivity index (χ2v) is 7.89. The van der Waals surface area contributed by atoms with Gasteiger partial charge in [-0.05, 0) is 41.0 Å². The fourth-order valence-electron chi connectivity index (χ4n) is 3.35. The molecule has 0 saturated heterocycles. The molecule has 1 heterocycles. The number of nitrogens with zero attached hydrogens (tertiary/aromatic N) is 1. The summed E-state index contributed by atoms with van der Waals surface area (Å²) in [4.78, 5) is 41.0. The van der Waals surface area contributed by atoms with Gasteiger partial charge in [0.25, 0.3) is 0 Å². The Kier molecular flexibility index (Phi) is 9.24. The zero-order valence-electron chi connectivity index (χ0n) is 19.8. The largest absolute Gasteiger partial charge is 0.465 e. The fourth-order valence-corrected chi connectivity index (χ4v) is 3.35. The van der Waals surface area contributed by atoms with E-state index in [2.05, 4.69) is 20.9 Å². The lowest BCUT2D eigenvalue weighted by Crippen LogP contribution is -2.42. The molecule has 0 radical (unpaired) electrons. The second kappa shape index (κ2) is 12.8. The van der Waals surface area contributed by atoms with Gasteiger partial charge < -0.3 is 21.1 Å². The van der Waals surface area contributed by atoms with Crippen LogP contribution in [0.3, 0.4) is 0 Å². The molecule has 0 spiro atoms. The SMILES string of the molecule is COC(=O)c1ccc(C(NCc2ccc(C(=N)N)cc2)C(=O)NCC(=O)NCc2ccncc2)cc1. The van der Waals surface area contributed by atoms with Crippen molar-refractivity contribution in [3.8, 4) is 0 Å². The molecule has 1 atom stereocenters. The zero-order chi connectivity index (χ0) is 25.9. The summed E-state index contributed by atoms with van der Waals surface area (Å²) < 4.78 is 4.73. The molecule has 10 heteroatoms. The molecule has 0 aliphatic carbocycles. The minimum Gasteiger partial charge on any atom is -0.465 e. The molecular formula is C26H28N6O4. The molecule has 0 bridgehead atoms. The zero-order valence-corrected chi connectivity index (χ0v) is 19.8. The number of nitrogens with two attached hydrogens (primary N) is 1. The van der Waals surface area contributed by atoms with Crippen molar-refractivity contribution in [2.45, 2.75) is 19.1 Å². The van der Waals surface area contributed by atoms with Crippen LogP contribution in [-0.2, 0) is 27.4 Å². The topological polar surface area (TPSA) is 159 Å². The molecule has 0 saturated carbocycles. The third-order valence-electron chi connectivity index (χ3n) is 5.36. The van der Waals surface area contributed by atoms with Crippen LogP contribution in [0, 0.1) is 5.41 Å². The molecule has 0 aliphatic rings. The Morgan fingerprint density at radius 3 is 2.11 bits per heavy atom.